The zero-order valence-corrected chi connectivity index (χ0v) is 15.6. The fraction of sp³-hybridized carbons (Fsp3) is 0.286. The molecule has 0 unspecified atom stereocenters. The predicted molar refractivity (Wildman–Crippen MR) is 101 cm³/mol. The van der Waals surface area contributed by atoms with Gasteiger partial charge in [0.05, 0.1) is 5.39 Å². The van der Waals surface area contributed by atoms with Crippen molar-refractivity contribution in [2.45, 2.75) is 33.7 Å². The van der Waals surface area contributed by atoms with Crippen molar-refractivity contribution >= 4 is 22.7 Å². The number of benzene rings is 1. The van der Waals surface area contributed by atoms with E-state index in [1.165, 1.54) is 0 Å². The van der Waals surface area contributed by atoms with Gasteiger partial charge in [0.2, 0.25) is 11.5 Å². The van der Waals surface area contributed by atoms with Crippen LogP contribution in [0.25, 0.3) is 11.0 Å². The van der Waals surface area contributed by atoms with Gasteiger partial charge in [-0.3, -0.25) is 9.59 Å². The number of ether oxygens (including phenoxy) is 1. The zero-order chi connectivity index (χ0) is 19.6. The number of carbonyl (C=O) groups is 2. The summed E-state index contributed by atoms with van der Waals surface area (Å²) in [5.41, 5.74) is 2.34. The van der Waals surface area contributed by atoms with Gasteiger partial charge in [-0.1, -0.05) is 19.1 Å². The molecule has 0 saturated heterocycles. The number of hydrogen-bond acceptors (Lipinski definition) is 5. The molecule has 3 aromatic rings. The number of carbonyl (C=O) groups excluding carboxylic acids is 2. The quantitative estimate of drug-likeness (QED) is 0.491. The van der Waals surface area contributed by atoms with Gasteiger partial charge in [-0.05, 0) is 38.5 Å². The molecule has 0 radical (unpaired) electrons. The van der Waals surface area contributed by atoms with Crippen LogP contribution in [0.1, 0.15) is 45.6 Å². The first-order valence-corrected chi connectivity index (χ1v) is 8.82. The first-order chi connectivity index (χ1) is 12.9. The van der Waals surface area contributed by atoms with Gasteiger partial charge in [-0.15, -0.1) is 0 Å². The molecule has 0 fully saturated rings. The van der Waals surface area contributed by atoms with Gasteiger partial charge >= 0.3 is 5.97 Å². The fourth-order valence-electron chi connectivity index (χ4n) is 3.14. The lowest BCUT2D eigenvalue weighted by Gasteiger charge is -2.08. The van der Waals surface area contributed by atoms with E-state index in [-0.39, 0.29) is 17.0 Å². The average Bonchev–Trinajstić information content (AvgIpc) is 2.94. The van der Waals surface area contributed by atoms with Crippen LogP contribution in [0.15, 0.2) is 45.6 Å². The summed E-state index contributed by atoms with van der Waals surface area (Å²) < 4.78 is 12.6. The van der Waals surface area contributed by atoms with Gasteiger partial charge in [-0.25, -0.2) is 4.79 Å². The van der Waals surface area contributed by atoms with Gasteiger partial charge < -0.3 is 13.7 Å². The van der Waals surface area contributed by atoms with Crippen molar-refractivity contribution in [3.8, 4) is 0 Å². The molecule has 0 N–H and O–H groups in total. The first-order valence-electron chi connectivity index (χ1n) is 8.82. The summed E-state index contributed by atoms with van der Waals surface area (Å²) in [6, 6.07) is 9.52. The summed E-state index contributed by atoms with van der Waals surface area (Å²) in [6.07, 6.45) is 0.958. The Kier molecular flexibility index (Phi) is 5.26. The maximum atomic E-state index is 12.5. The number of para-hydroxylation sites is 1. The lowest BCUT2D eigenvalue weighted by atomic mass is 10.1. The van der Waals surface area contributed by atoms with E-state index in [1.807, 2.05) is 13.8 Å². The van der Waals surface area contributed by atoms with Crippen LogP contribution in [-0.2, 0) is 11.3 Å². The zero-order valence-electron chi connectivity index (χ0n) is 15.6. The number of hydrogen-bond donors (Lipinski definition) is 0. The highest BCUT2D eigenvalue weighted by molar-refractivity contribution is 6.00. The molecule has 0 bridgehead atoms. The Morgan fingerprint density at radius 2 is 1.89 bits per heavy atom. The number of aromatic nitrogens is 1. The van der Waals surface area contributed by atoms with E-state index in [9.17, 15) is 14.4 Å². The van der Waals surface area contributed by atoms with E-state index in [4.69, 9.17) is 9.15 Å². The second-order valence-electron chi connectivity index (χ2n) is 6.41. The van der Waals surface area contributed by atoms with Gasteiger partial charge in [-0.2, -0.15) is 0 Å². The number of fused-ring (bicyclic) bond motifs is 1. The molecular formula is C21H21NO5. The highest BCUT2D eigenvalue weighted by atomic mass is 16.5. The van der Waals surface area contributed by atoms with Crippen LogP contribution in [0.5, 0.6) is 0 Å². The number of ketones is 1. The summed E-state index contributed by atoms with van der Waals surface area (Å²) >= 11 is 0. The van der Waals surface area contributed by atoms with Gasteiger partial charge in [0, 0.05) is 29.6 Å². The van der Waals surface area contributed by atoms with E-state index in [2.05, 4.69) is 11.5 Å². The van der Waals surface area contributed by atoms with Crippen LogP contribution in [0.4, 0.5) is 0 Å². The SMILES string of the molecule is CCCn1c(C)cc(C(=O)COC(=O)c2cc(=O)c3ccccc3o2)c1C. The fourth-order valence-corrected chi connectivity index (χ4v) is 3.14. The third kappa shape index (κ3) is 3.69. The molecule has 0 aliphatic heterocycles. The second-order valence-corrected chi connectivity index (χ2v) is 6.41. The van der Waals surface area contributed by atoms with Crippen molar-refractivity contribution in [2.75, 3.05) is 6.61 Å². The molecular weight excluding hydrogens is 346 g/mol. The highest BCUT2D eigenvalue weighted by Crippen LogP contribution is 2.17. The van der Waals surface area contributed by atoms with Crippen molar-refractivity contribution < 1.29 is 18.7 Å². The van der Waals surface area contributed by atoms with Gasteiger partial charge in [0.1, 0.15) is 5.58 Å². The van der Waals surface area contributed by atoms with E-state index < -0.39 is 12.6 Å². The summed E-state index contributed by atoms with van der Waals surface area (Å²) in [7, 11) is 0. The van der Waals surface area contributed by atoms with Crippen LogP contribution >= 0.6 is 0 Å². The number of nitrogens with zero attached hydrogens (tertiary/aromatic N) is 1. The Morgan fingerprint density at radius 3 is 2.63 bits per heavy atom. The molecule has 27 heavy (non-hydrogen) atoms. The normalized spacial score (nSPS) is 10.9. The number of Topliss-reactive ketones (excluding diaryl/α,β-unsaturated/α-hetero) is 1. The third-order valence-corrected chi connectivity index (χ3v) is 4.49. The Labute approximate surface area is 156 Å². The lowest BCUT2D eigenvalue weighted by molar-refractivity contribution is 0.0444. The minimum absolute atomic E-state index is 0.219. The van der Waals surface area contributed by atoms with Crippen LogP contribution in [0.2, 0.25) is 0 Å². The predicted octanol–water partition coefficient (Wildman–Crippen LogP) is 3.66. The Bertz CT molecular complexity index is 1070. The van der Waals surface area contributed by atoms with Crippen molar-refractivity contribution in [1.82, 2.24) is 4.57 Å². The minimum Gasteiger partial charge on any atom is -0.451 e. The Hall–Kier alpha value is -3.15. The summed E-state index contributed by atoms with van der Waals surface area (Å²) in [4.78, 5) is 36.8. The number of rotatable bonds is 6. The summed E-state index contributed by atoms with van der Waals surface area (Å²) in [6.45, 7) is 6.30. The minimum atomic E-state index is -0.839. The molecule has 0 saturated carbocycles. The van der Waals surface area contributed by atoms with Crippen molar-refractivity contribution in [1.29, 1.82) is 0 Å². The van der Waals surface area contributed by atoms with Crippen molar-refractivity contribution in [3.05, 3.63) is 69.3 Å². The van der Waals surface area contributed by atoms with E-state index in [0.29, 0.717) is 16.5 Å². The lowest BCUT2D eigenvalue weighted by Crippen LogP contribution is -2.16. The molecule has 0 amide bonds. The smallest absolute Gasteiger partial charge is 0.374 e. The number of aryl methyl sites for hydroxylation is 1. The molecule has 6 heteroatoms. The third-order valence-electron chi connectivity index (χ3n) is 4.49. The molecule has 6 nitrogen and oxygen atoms in total. The van der Waals surface area contributed by atoms with Crippen molar-refractivity contribution in [2.24, 2.45) is 0 Å². The van der Waals surface area contributed by atoms with Gasteiger partial charge in [0.25, 0.3) is 0 Å². The Morgan fingerprint density at radius 1 is 1.15 bits per heavy atom. The topological polar surface area (TPSA) is 78.5 Å². The molecule has 140 valence electrons. The van der Waals surface area contributed by atoms with E-state index in [1.54, 1.807) is 30.3 Å². The highest BCUT2D eigenvalue weighted by Gasteiger charge is 2.19. The summed E-state index contributed by atoms with van der Waals surface area (Å²) in [5, 5.41) is 0.383. The second kappa shape index (κ2) is 7.61. The first kappa shape index (κ1) is 18.6. The van der Waals surface area contributed by atoms with Gasteiger partial charge in [0.15, 0.2) is 12.0 Å². The molecule has 0 spiro atoms. The average molecular weight is 367 g/mol. The molecule has 2 heterocycles. The largest absolute Gasteiger partial charge is 0.451 e. The maximum Gasteiger partial charge on any atom is 0.374 e. The van der Waals surface area contributed by atoms with Crippen LogP contribution < -0.4 is 5.43 Å². The maximum absolute atomic E-state index is 12.5. The van der Waals surface area contributed by atoms with Crippen molar-refractivity contribution in [3.63, 3.8) is 0 Å². The van der Waals surface area contributed by atoms with Crippen LogP contribution in [0.3, 0.4) is 0 Å². The van der Waals surface area contributed by atoms with Crippen LogP contribution in [-0.4, -0.2) is 22.9 Å². The molecule has 0 aliphatic carbocycles. The molecule has 0 atom stereocenters. The van der Waals surface area contributed by atoms with E-state index >= 15 is 0 Å². The molecule has 0 aliphatic rings. The van der Waals surface area contributed by atoms with E-state index in [0.717, 1.165) is 30.4 Å². The summed E-state index contributed by atoms with van der Waals surface area (Å²) in [5.74, 6) is -1.35. The standard InChI is InChI=1S/C21H21NO5/c1-4-9-22-13(2)10-16(14(22)3)18(24)12-26-21(25)20-11-17(23)15-7-5-6-8-19(15)27-20/h5-8,10-11H,4,9,12H2,1-3H3. The van der Waals surface area contributed by atoms with Crippen LogP contribution in [0, 0.1) is 13.8 Å². The monoisotopic (exact) mass is 367 g/mol. The molecule has 3 rings (SSSR count). The number of esters is 1. The molecule has 2 aromatic heterocycles. The molecule has 1 aromatic carbocycles. The Balaban J connectivity index is 1.75.